The Bertz CT molecular complexity index is 502. The van der Waals surface area contributed by atoms with E-state index in [1.165, 1.54) is 0 Å². The van der Waals surface area contributed by atoms with Crippen LogP contribution in [0.4, 0.5) is 5.69 Å². The molecule has 0 spiro atoms. The normalized spacial score (nSPS) is 10.7. The van der Waals surface area contributed by atoms with Crippen molar-refractivity contribution in [3.63, 3.8) is 0 Å². The van der Waals surface area contributed by atoms with Crippen molar-refractivity contribution in [2.24, 2.45) is 0 Å². The minimum atomic E-state index is -0.784. The highest BCUT2D eigenvalue weighted by atomic mass is 16.4. The number of fused-ring (bicyclic) bond motifs is 1. The summed E-state index contributed by atoms with van der Waals surface area (Å²) >= 11 is 0. The Hall–Kier alpha value is -1.97. The molecule has 0 aliphatic carbocycles. The maximum Gasteiger partial charge on any atom is 0.303 e. The van der Waals surface area contributed by atoms with Crippen molar-refractivity contribution in [1.82, 2.24) is 4.98 Å². The largest absolute Gasteiger partial charge is 0.481 e. The fourth-order valence-electron chi connectivity index (χ4n) is 1.68. The summed E-state index contributed by atoms with van der Waals surface area (Å²) < 4.78 is 0. The van der Waals surface area contributed by atoms with Crippen molar-refractivity contribution in [1.29, 1.82) is 0 Å². The highest BCUT2D eigenvalue weighted by Crippen LogP contribution is 2.23. The fourth-order valence-corrected chi connectivity index (χ4v) is 1.68. The van der Waals surface area contributed by atoms with Gasteiger partial charge in [-0.25, -0.2) is 0 Å². The maximum absolute atomic E-state index is 10.5. The van der Waals surface area contributed by atoms with Gasteiger partial charge in [0, 0.05) is 18.0 Å². The Kier molecular flexibility index (Phi) is 2.33. The zero-order valence-corrected chi connectivity index (χ0v) is 8.16. The number of H-pyrrole nitrogens is 1. The van der Waals surface area contributed by atoms with Gasteiger partial charge in [0.15, 0.2) is 0 Å². The smallest absolute Gasteiger partial charge is 0.303 e. The number of nitrogens with one attached hydrogen (secondary N) is 1. The van der Waals surface area contributed by atoms with Gasteiger partial charge in [-0.3, -0.25) is 4.79 Å². The number of aliphatic carboxylic acids is 1. The van der Waals surface area contributed by atoms with Crippen LogP contribution in [0.1, 0.15) is 12.0 Å². The predicted octanol–water partition coefficient (Wildman–Crippen LogP) is 1.77. The third-order valence-corrected chi connectivity index (χ3v) is 2.44. The summed E-state index contributed by atoms with van der Waals surface area (Å²) in [5, 5.41) is 9.61. The second kappa shape index (κ2) is 3.65. The number of hydrogen-bond acceptors (Lipinski definition) is 2. The molecule has 4 nitrogen and oxygen atoms in total. The van der Waals surface area contributed by atoms with Gasteiger partial charge < -0.3 is 15.8 Å². The Labute approximate surface area is 86.7 Å². The number of nitrogens with two attached hydrogens (primary N) is 1. The van der Waals surface area contributed by atoms with Gasteiger partial charge in [-0.05, 0) is 18.1 Å². The third-order valence-electron chi connectivity index (χ3n) is 2.44. The molecule has 0 radical (unpaired) electrons. The third kappa shape index (κ3) is 1.79. The standard InChI is InChI=1S/C11H12N2O2/c12-9-3-1-2-8-7(4-5-10(14)15)6-13-11(8)9/h1-3,6,13H,4-5,12H2,(H,14,15). The minimum absolute atomic E-state index is 0.141. The zero-order chi connectivity index (χ0) is 10.8. The molecule has 78 valence electrons. The second-order valence-electron chi connectivity index (χ2n) is 3.48. The van der Waals surface area contributed by atoms with Crippen LogP contribution >= 0.6 is 0 Å². The van der Waals surface area contributed by atoms with Gasteiger partial charge in [0.2, 0.25) is 0 Å². The van der Waals surface area contributed by atoms with Crippen LogP contribution in [-0.2, 0) is 11.2 Å². The molecule has 4 heteroatoms. The molecule has 0 aliphatic heterocycles. The number of carboxylic acid groups (broad SMARTS) is 1. The van der Waals surface area contributed by atoms with Crippen LogP contribution in [0.15, 0.2) is 24.4 Å². The van der Waals surface area contributed by atoms with Crippen LogP contribution in [0.5, 0.6) is 0 Å². The quantitative estimate of drug-likeness (QED) is 0.666. The van der Waals surface area contributed by atoms with E-state index in [9.17, 15) is 4.79 Å². The maximum atomic E-state index is 10.5. The molecule has 2 rings (SSSR count). The van der Waals surface area contributed by atoms with Crippen molar-refractivity contribution < 1.29 is 9.90 Å². The summed E-state index contributed by atoms with van der Waals surface area (Å²) in [5.74, 6) is -0.784. The molecule has 0 aliphatic rings. The number of hydrogen-bond donors (Lipinski definition) is 3. The van der Waals surface area contributed by atoms with Gasteiger partial charge >= 0.3 is 5.97 Å². The number of aromatic amines is 1. The van der Waals surface area contributed by atoms with Gasteiger partial charge in [-0.15, -0.1) is 0 Å². The summed E-state index contributed by atoms with van der Waals surface area (Å²) in [7, 11) is 0. The van der Waals surface area contributed by atoms with E-state index in [0.29, 0.717) is 12.1 Å². The van der Waals surface area contributed by atoms with E-state index in [-0.39, 0.29) is 6.42 Å². The molecule has 0 bridgehead atoms. The van der Waals surface area contributed by atoms with E-state index in [1.807, 2.05) is 24.4 Å². The highest BCUT2D eigenvalue weighted by molar-refractivity contribution is 5.92. The lowest BCUT2D eigenvalue weighted by molar-refractivity contribution is -0.136. The predicted molar refractivity (Wildman–Crippen MR) is 58.7 cm³/mol. The van der Waals surface area contributed by atoms with Crippen molar-refractivity contribution in [3.05, 3.63) is 30.0 Å². The summed E-state index contributed by atoms with van der Waals surface area (Å²) in [5.41, 5.74) is 8.35. The average molecular weight is 204 g/mol. The molecule has 0 fully saturated rings. The molecular weight excluding hydrogens is 192 g/mol. The van der Waals surface area contributed by atoms with E-state index in [4.69, 9.17) is 10.8 Å². The summed E-state index contributed by atoms with van der Waals surface area (Å²) in [4.78, 5) is 13.5. The van der Waals surface area contributed by atoms with Gasteiger partial charge in [0.05, 0.1) is 11.2 Å². The van der Waals surface area contributed by atoms with Crippen LogP contribution in [0.2, 0.25) is 0 Å². The Balaban J connectivity index is 2.37. The number of nitrogen functional groups attached to an aromatic ring is 1. The zero-order valence-electron chi connectivity index (χ0n) is 8.16. The number of anilines is 1. The highest BCUT2D eigenvalue weighted by Gasteiger charge is 2.06. The average Bonchev–Trinajstić information content (AvgIpc) is 2.59. The van der Waals surface area contributed by atoms with Crippen LogP contribution in [0, 0.1) is 0 Å². The number of aromatic nitrogens is 1. The molecule has 2 aromatic rings. The summed E-state index contributed by atoms with van der Waals surface area (Å²) in [6.07, 6.45) is 2.49. The van der Waals surface area contributed by atoms with Crippen LogP contribution in [-0.4, -0.2) is 16.1 Å². The molecule has 0 unspecified atom stereocenters. The number of carboxylic acids is 1. The van der Waals surface area contributed by atoms with Crippen molar-refractivity contribution in [2.45, 2.75) is 12.8 Å². The molecule has 1 heterocycles. The number of para-hydroxylation sites is 1. The molecule has 0 atom stereocenters. The van der Waals surface area contributed by atoms with Crippen molar-refractivity contribution in [2.75, 3.05) is 5.73 Å². The topological polar surface area (TPSA) is 79.1 Å². The first-order chi connectivity index (χ1) is 7.18. The number of aryl methyl sites for hydroxylation is 1. The lowest BCUT2D eigenvalue weighted by atomic mass is 10.1. The lowest BCUT2D eigenvalue weighted by Crippen LogP contribution is -1.96. The fraction of sp³-hybridized carbons (Fsp3) is 0.182. The molecule has 0 amide bonds. The lowest BCUT2D eigenvalue weighted by Gasteiger charge is -1.97. The Morgan fingerprint density at radius 1 is 1.47 bits per heavy atom. The molecule has 1 aromatic heterocycles. The van der Waals surface area contributed by atoms with Gasteiger partial charge in [-0.1, -0.05) is 12.1 Å². The minimum Gasteiger partial charge on any atom is -0.481 e. The van der Waals surface area contributed by atoms with E-state index in [1.54, 1.807) is 0 Å². The first-order valence-corrected chi connectivity index (χ1v) is 4.74. The van der Waals surface area contributed by atoms with Gasteiger partial charge in [0.25, 0.3) is 0 Å². The van der Waals surface area contributed by atoms with E-state index < -0.39 is 5.97 Å². The van der Waals surface area contributed by atoms with E-state index in [2.05, 4.69) is 4.98 Å². The van der Waals surface area contributed by atoms with Crippen molar-refractivity contribution in [3.8, 4) is 0 Å². The number of rotatable bonds is 3. The Morgan fingerprint density at radius 2 is 2.27 bits per heavy atom. The van der Waals surface area contributed by atoms with Crippen LogP contribution in [0.25, 0.3) is 10.9 Å². The molecule has 0 saturated heterocycles. The first-order valence-electron chi connectivity index (χ1n) is 4.74. The van der Waals surface area contributed by atoms with E-state index >= 15 is 0 Å². The van der Waals surface area contributed by atoms with Gasteiger partial charge in [-0.2, -0.15) is 0 Å². The molecule has 4 N–H and O–H groups in total. The second-order valence-corrected chi connectivity index (χ2v) is 3.48. The molecule has 0 saturated carbocycles. The molecule has 1 aromatic carbocycles. The number of carbonyl (C=O) groups is 1. The van der Waals surface area contributed by atoms with Crippen LogP contribution < -0.4 is 5.73 Å². The SMILES string of the molecule is Nc1cccc2c(CCC(=O)O)c[nH]c12. The first kappa shape index (κ1) is 9.58. The molecular formula is C11H12N2O2. The van der Waals surface area contributed by atoms with Crippen molar-refractivity contribution >= 4 is 22.6 Å². The van der Waals surface area contributed by atoms with Gasteiger partial charge in [0.1, 0.15) is 0 Å². The van der Waals surface area contributed by atoms with E-state index in [0.717, 1.165) is 16.5 Å². The molecule has 15 heavy (non-hydrogen) atoms. The number of benzene rings is 1. The monoisotopic (exact) mass is 204 g/mol. The van der Waals surface area contributed by atoms with Crippen LogP contribution in [0.3, 0.4) is 0 Å². The summed E-state index contributed by atoms with van der Waals surface area (Å²) in [6, 6.07) is 5.63. The Morgan fingerprint density at radius 3 is 3.00 bits per heavy atom. The summed E-state index contributed by atoms with van der Waals surface area (Å²) in [6.45, 7) is 0.